The lowest BCUT2D eigenvalue weighted by molar-refractivity contribution is 0.261. The van der Waals surface area contributed by atoms with E-state index >= 15 is 0 Å². The molecule has 0 saturated heterocycles. The number of likely N-dealkylation sites (N-methyl/N-ethyl adjacent to an activating group) is 1. The van der Waals surface area contributed by atoms with Crippen molar-refractivity contribution in [1.82, 2.24) is 4.90 Å². The minimum Gasteiger partial charge on any atom is -0.492 e. The van der Waals surface area contributed by atoms with Gasteiger partial charge >= 0.3 is 0 Å². The van der Waals surface area contributed by atoms with Gasteiger partial charge in [-0.1, -0.05) is 79.7 Å². The van der Waals surface area contributed by atoms with E-state index in [0.29, 0.717) is 18.4 Å². The molecule has 0 N–H and O–H groups in total. The van der Waals surface area contributed by atoms with Crippen molar-refractivity contribution in [3.63, 3.8) is 0 Å². The van der Waals surface area contributed by atoms with E-state index in [1.807, 2.05) is 0 Å². The fourth-order valence-corrected chi connectivity index (χ4v) is 3.80. The van der Waals surface area contributed by atoms with Gasteiger partial charge in [0, 0.05) is 12.5 Å². The molecular weight excluding hydrogens is 342 g/mol. The van der Waals surface area contributed by atoms with E-state index in [0.717, 1.165) is 18.7 Å². The van der Waals surface area contributed by atoms with Gasteiger partial charge in [-0.15, -0.1) is 0 Å². The van der Waals surface area contributed by atoms with Crippen LogP contribution in [0, 0.1) is 0 Å². The molecule has 2 atom stereocenters. The molecular formula is C26H31NO. The van der Waals surface area contributed by atoms with Crippen LogP contribution in [-0.4, -0.2) is 32.1 Å². The van der Waals surface area contributed by atoms with Crippen molar-refractivity contribution in [3.05, 3.63) is 102 Å². The number of rotatable bonds is 9. The Balaban J connectivity index is 1.89. The average molecular weight is 374 g/mol. The van der Waals surface area contributed by atoms with Crippen LogP contribution in [0.3, 0.4) is 0 Å². The second-order valence-corrected chi connectivity index (χ2v) is 7.53. The zero-order chi connectivity index (χ0) is 19.8. The third kappa shape index (κ3) is 5.24. The Kier molecular flexibility index (Phi) is 7.27. The Morgan fingerprint density at radius 2 is 1.25 bits per heavy atom. The lowest BCUT2D eigenvalue weighted by Gasteiger charge is -2.28. The van der Waals surface area contributed by atoms with Crippen molar-refractivity contribution in [2.24, 2.45) is 0 Å². The molecule has 3 rings (SSSR count). The van der Waals surface area contributed by atoms with E-state index in [1.54, 1.807) is 0 Å². The monoisotopic (exact) mass is 373 g/mol. The number of ether oxygens (including phenoxy) is 1. The minimum atomic E-state index is 0.324. The van der Waals surface area contributed by atoms with Gasteiger partial charge in [0.25, 0.3) is 0 Å². The second kappa shape index (κ2) is 10.1. The van der Waals surface area contributed by atoms with Crippen molar-refractivity contribution < 1.29 is 4.74 Å². The smallest absolute Gasteiger partial charge is 0.119 e. The van der Waals surface area contributed by atoms with Gasteiger partial charge in [-0.25, -0.2) is 0 Å². The van der Waals surface area contributed by atoms with Crippen LogP contribution < -0.4 is 4.74 Å². The molecule has 0 fully saturated rings. The molecule has 0 heterocycles. The van der Waals surface area contributed by atoms with Crippen molar-refractivity contribution >= 4 is 0 Å². The first-order valence-electron chi connectivity index (χ1n) is 10.2. The standard InChI is InChI=1S/C26H31NO/c1-4-25(21-11-7-5-8-12-21)26(22-13-9-6-10-14-22)23-15-17-24(18-16-23)28-20-19-27(2)3/h5-18,25-26H,4,19-20H2,1-3H3/t25-,26+/m1/s1. The largest absolute Gasteiger partial charge is 0.492 e. The molecule has 3 aromatic carbocycles. The van der Waals surface area contributed by atoms with Gasteiger partial charge < -0.3 is 9.64 Å². The molecule has 146 valence electrons. The number of hydrogen-bond acceptors (Lipinski definition) is 2. The van der Waals surface area contributed by atoms with E-state index < -0.39 is 0 Å². The van der Waals surface area contributed by atoms with Crippen LogP contribution in [0.5, 0.6) is 5.75 Å². The Morgan fingerprint density at radius 3 is 1.79 bits per heavy atom. The molecule has 0 unspecified atom stereocenters. The van der Waals surface area contributed by atoms with Crippen molar-refractivity contribution in [1.29, 1.82) is 0 Å². The second-order valence-electron chi connectivity index (χ2n) is 7.53. The lowest BCUT2D eigenvalue weighted by Crippen LogP contribution is -2.19. The van der Waals surface area contributed by atoms with Crippen LogP contribution in [0.4, 0.5) is 0 Å². The van der Waals surface area contributed by atoms with E-state index in [-0.39, 0.29) is 0 Å². The Bertz CT molecular complexity index is 812. The summed E-state index contributed by atoms with van der Waals surface area (Å²) in [5.74, 6) is 1.69. The zero-order valence-corrected chi connectivity index (χ0v) is 17.2. The van der Waals surface area contributed by atoms with Gasteiger partial charge in [-0.05, 0) is 55.3 Å². The predicted octanol–water partition coefficient (Wildman–Crippen LogP) is 5.95. The van der Waals surface area contributed by atoms with E-state index in [1.165, 1.54) is 16.7 Å². The molecule has 0 bridgehead atoms. The molecule has 0 aromatic heterocycles. The molecule has 0 spiro atoms. The van der Waals surface area contributed by atoms with Crippen LogP contribution in [0.25, 0.3) is 0 Å². The molecule has 0 aliphatic heterocycles. The molecule has 0 saturated carbocycles. The molecule has 0 aliphatic rings. The molecule has 2 nitrogen and oxygen atoms in total. The third-order valence-corrected chi connectivity index (χ3v) is 5.28. The summed E-state index contributed by atoms with van der Waals surface area (Å²) in [7, 11) is 4.12. The molecule has 0 amide bonds. The summed E-state index contributed by atoms with van der Waals surface area (Å²) in [5.41, 5.74) is 4.09. The predicted molar refractivity (Wildman–Crippen MR) is 118 cm³/mol. The molecule has 3 aromatic rings. The van der Waals surface area contributed by atoms with Gasteiger partial charge in [-0.3, -0.25) is 0 Å². The highest BCUT2D eigenvalue weighted by molar-refractivity contribution is 5.40. The van der Waals surface area contributed by atoms with Gasteiger partial charge in [-0.2, -0.15) is 0 Å². The van der Waals surface area contributed by atoms with E-state index in [9.17, 15) is 0 Å². The Hall–Kier alpha value is -2.58. The van der Waals surface area contributed by atoms with Crippen LogP contribution in [0.15, 0.2) is 84.9 Å². The van der Waals surface area contributed by atoms with E-state index in [2.05, 4.69) is 111 Å². The quantitative estimate of drug-likeness (QED) is 0.459. The average Bonchev–Trinajstić information content (AvgIpc) is 2.73. The summed E-state index contributed by atoms with van der Waals surface area (Å²) in [4.78, 5) is 2.13. The van der Waals surface area contributed by atoms with E-state index in [4.69, 9.17) is 4.74 Å². The minimum absolute atomic E-state index is 0.324. The highest BCUT2D eigenvalue weighted by Crippen LogP contribution is 2.40. The fraction of sp³-hybridized carbons (Fsp3) is 0.308. The first-order valence-corrected chi connectivity index (χ1v) is 10.2. The SMILES string of the molecule is CC[C@H](c1ccccc1)[C@@H](c1ccccc1)c1ccc(OCCN(C)C)cc1. The fourth-order valence-electron chi connectivity index (χ4n) is 3.80. The Labute approximate surface area is 169 Å². The van der Waals surface area contributed by atoms with Crippen molar-refractivity contribution in [2.45, 2.75) is 25.2 Å². The highest BCUT2D eigenvalue weighted by Gasteiger charge is 2.25. The third-order valence-electron chi connectivity index (χ3n) is 5.28. The normalized spacial score (nSPS) is 13.3. The lowest BCUT2D eigenvalue weighted by atomic mass is 9.76. The number of benzene rings is 3. The molecule has 28 heavy (non-hydrogen) atoms. The Morgan fingerprint density at radius 1 is 0.714 bits per heavy atom. The van der Waals surface area contributed by atoms with Gasteiger partial charge in [0.2, 0.25) is 0 Å². The maximum absolute atomic E-state index is 5.89. The molecule has 0 aliphatic carbocycles. The summed E-state index contributed by atoms with van der Waals surface area (Å²) in [6, 6.07) is 30.4. The highest BCUT2D eigenvalue weighted by atomic mass is 16.5. The summed E-state index contributed by atoms with van der Waals surface area (Å²) >= 11 is 0. The molecule has 0 radical (unpaired) electrons. The van der Waals surface area contributed by atoms with Gasteiger partial charge in [0.05, 0.1) is 0 Å². The summed E-state index contributed by atoms with van der Waals surface area (Å²) in [6.45, 7) is 3.91. The summed E-state index contributed by atoms with van der Waals surface area (Å²) in [5, 5.41) is 0. The first-order chi connectivity index (χ1) is 13.7. The summed E-state index contributed by atoms with van der Waals surface area (Å²) < 4.78 is 5.89. The van der Waals surface area contributed by atoms with Crippen molar-refractivity contribution in [2.75, 3.05) is 27.2 Å². The number of nitrogens with zero attached hydrogens (tertiary/aromatic N) is 1. The first kappa shape index (κ1) is 20.2. The van der Waals surface area contributed by atoms with Crippen LogP contribution in [-0.2, 0) is 0 Å². The topological polar surface area (TPSA) is 12.5 Å². The maximum atomic E-state index is 5.89. The van der Waals surface area contributed by atoms with Crippen LogP contribution in [0.2, 0.25) is 0 Å². The maximum Gasteiger partial charge on any atom is 0.119 e. The van der Waals surface area contributed by atoms with Crippen LogP contribution >= 0.6 is 0 Å². The molecule has 2 heteroatoms. The number of hydrogen-bond donors (Lipinski definition) is 0. The van der Waals surface area contributed by atoms with Crippen LogP contribution in [0.1, 0.15) is 41.9 Å². The zero-order valence-electron chi connectivity index (χ0n) is 17.2. The van der Waals surface area contributed by atoms with Gasteiger partial charge in [0.15, 0.2) is 0 Å². The van der Waals surface area contributed by atoms with Gasteiger partial charge in [0.1, 0.15) is 12.4 Å². The van der Waals surface area contributed by atoms with Crippen molar-refractivity contribution in [3.8, 4) is 5.75 Å². The summed E-state index contributed by atoms with van der Waals surface area (Å²) in [6.07, 6.45) is 1.09.